The predicted molar refractivity (Wildman–Crippen MR) is 84.0 cm³/mol. The standard InChI is InChI=1S/C18H21NO2/c1-11-6-4-7-12-13(11)10-18(2,3)19-17(12)16-14(20)8-5-9-15(16)21/h4,6-7,20H,5,8-10H2,1-3H3. The molecule has 0 aromatic heterocycles. The Labute approximate surface area is 125 Å². The van der Waals surface area contributed by atoms with Gasteiger partial charge in [-0.2, -0.15) is 0 Å². The summed E-state index contributed by atoms with van der Waals surface area (Å²) in [6.07, 6.45) is 2.66. The van der Waals surface area contributed by atoms with E-state index >= 15 is 0 Å². The van der Waals surface area contributed by atoms with Crippen LogP contribution in [0.5, 0.6) is 0 Å². The number of benzene rings is 1. The summed E-state index contributed by atoms with van der Waals surface area (Å²) >= 11 is 0. The quantitative estimate of drug-likeness (QED) is 0.854. The zero-order valence-electron chi connectivity index (χ0n) is 12.9. The van der Waals surface area contributed by atoms with Gasteiger partial charge in [0, 0.05) is 18.4 Å². The van der Waals surface area contributed by atoms with E-state index in [9.17, 15) is 9.90 Å². The molecule has 1 aliphatic heterocycles. The van der Waals surface area contributed by atoms with Crippen LogP contribution in [0.1, 0.15) is 49.8 Å². The molecule has 21 heavy (non-hydrogen) atoms. The maximum Gasteiger partial charge on any atom is 0.168 e. The minimum absolute atomic E-state index is 0.0163. The fourth-order valence-corrected chi connectivity index (χ4v) is 3.28. The molecule has 0 radical (unpaired) electrons. The summed E-state index contributed by atoms with van der Waals surface area (Å²) in [6.45, 7) is 6.25. The number of Topliss-reactive ketones (excluding diaryl/α,β-unsaturated/α-hetero) is 1. The summed E-state index contributed by atoms with van der Waals surface area (Å²) in [5, 5.41) is 10.2. The third-order valence-corrected chi connectivity index (χ3v) is 4.31. The molecule has 1 aromatic rings. The predicted octanol–water partition coefficient (Wildman–Crippen LogP) is 3.68. The van der Waals surface area contributed by atoms with E-state index in [0.29, 0.717) is 24.1 Å². The highest BCUT2D eigenvalue weighted by Gasteiger charge is 2.33. The number of nitrogens with zero attached hydrogens (tertiary/aromatic N) is 1. The van der Waals surface area contributed by atoms with Crippen LogP contribution in [-0.2, 0) is 11.2 Å². The third kappa shape index (κ3) is 2.41. The van der Waals surface area contributed by atoms with Crippen molar-refractivity contribution in [3.63, 3.8) is 0 Å². The first-order valence-corrected chi connectivity index (χ1v) is 7.53. The second-order valence-corrected chi connectivity index (χ2v) is 6.65. The van der Waals surface area contributed by atoms with Crippen molar-refractivity contribution in [3.8, 4) is 0 Å². The van der Waals surface area contributed by atoms with E-state index in [2.05, 4.69) is 26.8 Å². The monoisotopic (exact) mass is 283 g/mol. The van der Waals surface area contributed by atoms with E-state index in [4.69, 9.17) is 4.99 Å². The van der Waals surface area contributed by atoms with Crippen molar-refractivity contribution in [3.05, 3.63) is 46.2 Å². The van der Waals surface area contributed by atoms with E-state index < -0.39 is 0 Å². The largest absolute Gasteiger partial charge is 0.511 e. The molecule has 0 fully saturated rings. The number of allylic oxidation sites excluding steroid dienone is 2. The Morgan fingerprint density at radius 1 is 1.24 bits per heavy atom. The number of fused-ring (bicyclic) bond motifs is 1. The molecule has 3 nitrogen and oxygen atoms in total. The van der Waals surface area contributed by atoms with Gasteiger partial charge in [0.25, 0.3) is 0 Å². The molecular weight excluding hydrogens is 262 g/mol. The lowest BCUT2D eigenvalue weighted by Gasteiger charge is -2.31. The van der Waals surface area contributed by atoms with Crippen molar-refractivity contribution in [1.82, 2.24) is 0 Å². The SMILES string of the molecule is Cc1cccc2c1CC(C)(C)N=C2C1=C(O)CCCC1=O. The van der Waals surface area contributed by atoms with E-state index in [0.717, 1.165) is 18.4 Å². The van der Waals surface area contributed by atoms with E-state index in [1.165, 1.54) is 11.1 Å². The molecule has 1 aromatic carbocycles. The number of aliphatic hydroxyl groups is 1. The van der Waals surface area contributed by atoms with E-state index in [1.54, 1.807) is 0 Å². The maximum absolute atomic E-state index is 12.3. The van der Waals surface area contributed by atoms with Gasteiger partial charge in [-0.3, -0.25) is 9.79 Å². The normalized spacial score (nSPS) is 21.1. The summed E-state index contributed by atoms with van der Waals surface area (Å²) in [6, 6.07) is 6.10. The Hall–Kier alpha value is -1.90. The molecule has 0 spiro atoms. The van der Waals surface area contributed by atoms with Crippen LogP contribution in [0, 0.1) is 6.92 Å². The zero-order valence-corrected chi connectivity index (χ0v) is 12.9. The molecule has 3 heteroatoms. The number of hydrogen-bond acceptors (Lipinski definition) is 3. The van der Waals surface area contributed by atoms with Crippen molar-refractivity contribution in [2.75, 3.05) is 0 Å². The number of hydrogen-bond donors (Lipinski definition) is 1. The first-order valence-electron chi connectivity index (χ1n) is 7.53. The van der Waals surface area contributed by atoms with Gasteiger partial charge in [-0.25, -0.2) is 0 Å². The number of carbonyl (C=O) groups excluding carboxylic acids is 1. The molecule has 0 amide bonds. The second kappa shape index (κ2) is 4.83. The van der Waals surface area contributed by atoms with Crippen LogP contribution in [0.2, 0.25) is 0 Å². The Morgan fingerprint density at radius 3 is 2.71 bits per heavy atom. The Balaban J connectivity index is 2.24. The molecule has 0 unspecified atom stereocenters. The van der Waals surface area contributed by atoms with Crippen LogP contribution in [0.4, 0.5) is 0 Å². The van der Waals surface area contributed by atoms with Crippen molar-refractivity contribution < 1.29 is 9.90 Å². The van der Waals surface area contributed by atoms with Crippen LogP contribution in [0.3, 0.4) is 0 Å². The number of rotatable bonds is 1. The molecule has 110 valence electrons. The molecule has 1 N–H and O–H groups in total. The number of aryl methyl sites for hydroxylation is 1. The van der Waals surface area contributed by atoms with Gasteiger partial charge in [0.2, 0.25) is 0 Å². The summed E-state index contributed by atoms with van der Waals surface area (Å²) < 4.78 is 0. The Morgan fingerprint density at radius 2 is 2.00 bits per heavy atom. The van der Waals surface area contributed by atoms with Gasteiger partial charge >= 0.3 is 0 Å². The average molecular weight is 283 g/mol. The Kier molecular flexibility index (Phi) is 3.23. The van der Waals surface area contributed by atoms with Crippen LogP contribution in [0.15, 0.2) is 34.5 Å². The minimum Gasteiger partial charge on any atom is -0.511 e. The maximum atomic E-state index is 12.3. The Bertz CT molecular complexity index is 680. The molecule has 1 heterocycles. The van der Waals surface area contributed by atoms with Gasteiger partial charge in [0.1, 0.15) is 5.76 Å². The average Bonchev–Trinajstić information content (AvgIpc) is 2.39. The molecule has 3 rings (SSSR count). The smallest absolute Gasteiger partial charge is 0.168 e. The van der Waals surface area contributed by atoms with Gasteiger partial charge in [0.15, 0.2) is 5.78 Å². The first kappa shape index (κ1) is 14.1. The third-order valence-electron chi connectivity index (χ3n) is 4.31. The van der Waals surface area contributed by atoms with E-state index in [-0.39, 0.29) is 17.1 Å². The number of aliphatic hydroxyl groups excluding tert-OH is 1. The summed E-state index contributed by atoms with van der Waals surface area (Å²) in [4.78, 5) is 17.1. The van der Waals surface area contributed by atoms with Crippen molar-refractivity contribution in [1.29, 1.82) is 0 Å². The number of ketones is 1. The highest BCUT2D eigenvalue weighted by atomic mass is 16.3. The second-order valence-electron chi connectivity index (χ2n) is 6.65. The van der Waals surface area contributed by atoms with E-state index in [1.807, 2.05) is 12.1 Å². The topological polar surface area (TPSA) is 49.7 Å². The van der Waals surface area contributed by atoms with Gasteiger partial charge in [-0.05, 0) is 44.7 Å². The highest BCUT2D eigenvalue weighted by Crippen LogP contribution is 2.34. The number of carbonyl (C=O) groups is 1. The summed E-state index contributed by atoms with van der Waals surface area (Å²) in [5.41, 5.74) is 4.35. The fraction of sp³-hybridized carbons (Fsp3) is 0.444. The molecule has 1 aliphatic carbocycles. The zero-order chi connectivity index (χ0) is 15.2. The van der Waals surface area contributed by atoms with Gasteiger partial charge < -0.3 is 5.11 Å². The lowest BCUT2D eigenvalue weighted by molar-refractivity contribution is -0.115. The molecule has 2 aliphatic rings. The van der Waals surface area contributed by atoms with Crippen LogP contribution in [-0.4, -0.2) is 22.1 Å². The molecular formula is C18H21NO2. The molecule has 0 bridgehead atoms. The van der Waals surface area contributed by atoms with Crippen molar-refractivity contribution in [2.45, 2.75) is 52.0 Å². The minimum atomic E-state index is -0.251. The van der Waals surface area contributed by atoms with Crippen LogP contribution in [0.25, 0.3) is 0 Å². The van der Waals surface area contributed by atoms with Crippen molar-refractivity contribution in [2.24, 2.45) is 4.99 Å². The number of aliphatic imine (C=N–C) groups is 1. The fourth-order valence-electron chi connectivity index (χ4n) is 3.28. The van der Waals surface area contributed by atoms with Crippen LogP contribution >= 0.6 is 0 Å². The molecule has 0 atom stereocenters. The molecule has 0 saturated heterocycles. The summed E-state index contributed by atoms with van der Waals surface area (Å²) in [5.74, 6) is 0.220. The van der Waals surface area contributed by atoms with Crippen molar-refractivity contribution >= 4 is 11.5 Å². The van der Waals surface area contributed by atoms with Gasteiger partial charge in [-0.1, -0.05) is 18.2 Å². The lowest BCUT2D eigenvalue weighted by atomic mass is 9.80. The molecule has 0 saturated carbocycles. The highest BCUT2D eigenvalue weighted by molar-refractivity contribution is 6.30. The summed E-state index contributed by atoms with van der Waals surface area (Å²) in [7, 11) is 0. The lowest BCUT2D eigenvalue weighted by Crippen LogP contribution is -2.33. The van der Waals surface area contributed by atoms with Gasteiger partial charge in [0.05, 0.1) is 16.8 Å². The van der Waals surface area contributed by atoms with Crippen LogP contribution < -0.4 is 0 Å². The van der Waals surface area contributed by atoms with Gasteiger partial charge in [-0.15, -0.1) is 0 Å². The first-order chi connectivity index (χ1) is 9.89.